The standard InChI is InChI=1S/C26H25F3N2O.C25H28N2O.C24H22F4N2O.C24H23F3N2O2.C24H26N2O2/c27-26(28,29)23-9-5-7-19(16-23)14-21-10-11-30-24(18-21)17-20-6-4-8-22(15-20)25(32)31-12-2-1-3-13-31;1-4-5-9-24(28)22-11-10-19(3)23(17-22)27-25-16-21(12-13-26-25)15-20-8-6-7-18(2)14-20;1-16(25)15-30-23(31)20-6-2-4-18(11-20)13-22-14-19(8-9-29-22)10-17-5-3-7-21(12-17)24(26,27)28;1-31-11-10-29-23(30)20-6-2-4-18(13-20)15-22-16-19(8-9-28-22)12-17-5-3-7-21(14-17)24(25,26)27;1-17-6-3-7-19(14-17)15-20-11-12-25-24(16-20)26-22-9-4-8-21(18(22)2)23(28)10-5-13-27/h4-11,15-16,18H,1-3,12-14,17H2;6-8,10-14,16-17H,4-5,9,15H2,1-3H3,(H,26,27);2-9,11-12,14,16H,10,13,15H2,1H3,(H,30,31);2-9,13-14,16H,10-12,15H2,1H3,(H,29,30);3-4,6-9,11-12,14,16,27H,5,10,13,15H2,1-2H3,(H,25,26). The van der Waals surface area contributed by atoms with Gasteiger partial charge in [-0.25, -0.2) is 14.4 Å². The Labute approximate surface area is 870 Å². The summed E-state index contributed by atoms with van der Waals surface area (Å²) in [6.45, 7) is 14.1. The number of likely N-dealkylation sites (tertiary alicyclic amines) is 1. The van der Waals surface area contributed by atoms with Crippen LogP contribution in [0.3, 0.4) is 0 Å². The molecule has 0 bridgehead atoms. The molecule has 16 rings (SSSR count). The average molecular weight is 2040 g/mol. The highest BCUT2D eigenvalue weighted by molar-refractivity contribution is 5.99. The van der Waals surface area contributed by atoms with E-state index in [0.29, 0.717) is 110 Å². The van der Waals surface area contributed by atoms with Gasteiger partial charge in [0.15, 0.2) is 11.6 Å². The van der Waals surface area contributed by atoms with Crippen LogP contribution in [0, 0.1) is 27.7 Å². The van der Waals surface area contributed by atoms with E-state index in [1.165, 1.54) is 77.1 Å². The fourth-order valence-corrected chi connectivity index (χ4v) is 17.1. The fourth-order valence-electron chi connectivity index (χ4n) is 17.1. The molecule has 15 aromatic rings. The number of aromatic nitrogens is 5. The molecule has 3 amide bonds. The molecule has 1 atom stereocenters. The second kappa shape index (κ2) is 56.1. The van der Waals surface area contributed by atoms with Crippen LogP contribution in [-0.2, 0) is 74.6 Å². The topological polar surface area (TPSA) is 231 Å². The van der Waals surface area contributed by atoms with Crippen molar-refractivity contribution >= 4 is 52.3 Å². The van der Waals surface area contributed by atoms with Gasteiger partial charge in [0.25, 0.3) is 17.7 Å². The van der Waals surface area contributed by atoms with Gasteiger partial charge in [-0.2, -0.15) is 39.5 Å². The van der Waals surface area contributed by atoms with Crippen molar-refractivity contribution in [1.82, 2.24) is 40.5 Å². The van der Waals surface area contributed by atoms with Crippen molar-refractivity contribution in [3.8, 4) is 0 Å². The van der Waals surface area contributed by atoms with Gasteiger partial charge in [0, 0.05) is 159 Å². The first-order valence-corrected chi connectivity index (χ1v) is 50.0. The van der Waals surface area contributed by atoms with Gasteiger partial charge in [-0.15, -0.1) is 0 Å². The number of aryl methyl sites for hydroxylation is 3. The number of Topliss-reactive ketones (excluding diaryl/α,β-unsaturated/α-hetero) is 2. The van der Waals surface area contributed by atoms with Crippen LogP contribution in [0.15, 0.2) is 322 Å². The number of methoxy groups -OCH3 is 1. The van der Waals surface area contributed by atoms with E-state index in [4.69, 9.17) is 9.84 Å². The van der Waals surface area contributed by atoms with Crippen LogP contribution >= 0.6 is 0 Å². The van der Waals surface area contributed by atoms with Crippen LogP contribution in [0.5, 0.6) is 0 Å². The molecule has 1 aliphatic heterocycles. The predicted molar refractivity (Wildman–Crippen MR) is 570 cm³/mol. The average Bonchev–Trinajstić information content (AvgIpc) is 0.858. The summed E-state index contributed by atoms with van der Waals surface area (Å²) >= 11 is 0. The lowest BCUT2D eigenvalue weighted by molar-refractivity contribution is -0.138. The minimum atomic E-state index is -4.38. The number of nitrogens with zero attached hydrogens (tertiary/aromatic N) is 6. The Morgan fingerprint density at radius 3 is 1.17 bits per heavy atom. The number of rotatable bonds is 36. The monoisotopic (exact) mass is 2040 g/mol. The molecule has 0 spiro atoms. The normalized spacial score (nSPS) is 12.0. The number of aliphatic hydroxyl groups excluding tert-OH is 1. The summed E-state index contributed by atoms with van der Waals surface area (Å²) in [5, 5.41) is 21.0. The number of nitrogens with one attached hydrogen (secondary N) is 4. The Hall–Kier alpha value is -15.5. The van der Waals surface area contributed by atoms with E-state index >= 15 is 0 Å². The molecule has 27 heteroatoms. The van der Waals surface area contributed by atoms with Crippen molar-refractivity contribution in [3.63, 3.8) is 0 Å². The maximum absolute atomic E-state index is 13.0. The molecule has 0 radical (unpaired) electrons. The van der Waals surface area contributed by atoms with Crippen molar-refractivity contribution in [1.29, 1.82) is 0 Å². The van der Waals surface area contributed by atoms with Crippen LogP contribution < -0.4 is 21.3 Å². The van der Waals surface area contributed by atoms with Crippen molar-refractivity contribution < 1.29 is 77.7 Å². The molecular formula is C123H124F10N10O7. The molecule has 1 aliphatic rings. The maximum Gasteiger partial charge on any atom is 0.416 e. The molecule has 1 saturated heterocycles. The van der Waals surface area contributed by atoms with Crippen LogP contribution in [0.25, 0.3) is 0 Å². The minimum Gasteiger partial charge on any atom is -0.396 e. The third-order valence-electron chi connectivity index (χ3n) is 24.8. The molecular weight excluding hydrogens is 1920 g/mol. The van der Waals surface area contributed by atoms with Gasteiger partial charge < -0.3 is 36.0 Å². The summed E-state index contributed by atoms with van der Waals surface area (Å²) in [6, 6.07) is 85.7. The van der Waals surface area contributed by atoms with Crippen molar-refractivity contribution in [2.45, 2.75) is 169 Å². The van der Waals surface area contributed by atoms with E-state index in [1.54, 1.807) is 86.5 Å². The first-order chi connectivity index (χ1) is 72.0. The van der Waals surface area contributed by atoms with E-state index < -0.39 is 41.4 Å². The molecule has 0 saturated carbocycles. The molecule has 17 nitrogen and oxygen atoms in total. The van der Waals surface area contributed by atoms with Gasteiger partial charge in [0.1, 0.15) is 17.8 Å². The number of halogens is 10. The lowest BCUT2D eigenvalue weighted by Crippen LogP contribution is -2.35. The Morgan fingerprint density at radius 2 is 0.753 bits per heavy atom. The van der Waals surface area contributed by atoms with Gasteiger partial charge in [-0.1, -0.05) is 188 Å². The predicted octanol–water partition coefficient (Wildman–Crippen LogP) is 27.3. The zero-order valence-electron chi connectivity index (χ0n) is 85.1. The fraction of sp³-hybridized carbons (Fsp3) is 0.268. The van der Waals surface area contributed by atoms with Crippen LogP contribution in [0.1, 0.15) is 245 Å². The molecule has 10 aromatic carbocycles. The first-order valence-electron chi connectivity index (χ1n) is 50.0. The summed E-state index contributed by atoms with van der Waals surface area (Å²) in [7, 11) is 1.57. The van der Waals surface area contributed by atoms with Gasteiger partial charge in [-0.05, 0) is 310 Å². The summed E-state index contributed by atoms with van der Waals surface area (Å²) in [4.78, 5) is 85.8. The second-order valence-electron chi connectivity index (χ2n) is 37.3. The summed E-state index contributed by atoms with van der Waals surface area (Å²) < 4.78 is 134. The number of pyridine rings is 5. The Kier molecular flexibility index (Phi) is 42.3. The molecule has 5 aromatic heterocycles. The minimum absolute atomic E-state index is 0.0282. The van der Waals surface area contributed by atoms with Gasteiger partial charge >= 0.3 is 18.5 Å². The van der Waals surface area contributed by atoms with Crippen molar-refractivity contribution in [3.05, 3.63) is 478 Å². The lowest BCUT2D eigenvalue weighted by atomic mass is 10.00. The Balaban J connectivity index is 0.000000166. The van der Waals surface area contributed by atoms with E-state index in [1.807, 2.05) is 152 Å². The molecule has 150 heavy (non-hydrogen) atoms. The molecule has 1 unspecified atom stereocenters. The number of carbonyl (C=O) groups excluding carboxylic acids is 5. The van der Waals surface area contributed by atoms with E-state index in [-0.39, 0.29) is 42.4 Å². The number of ketones is 2. The van der Waals surface area contributed by atoms with Crippen LogP contribution in [-0.4, -0.2) is 117 Å². The van der Waals surface area contributed by atoms with Gasteiger partial charge in [-0.3, -0.25) is 38.9 Å². The number of anilines is 4. The third-order valence-corrected chi connectivity index (χ3v) is 24.8. The number of ether oxygens (including phenoxy) is 1. The number of hydrogen-bond donors (Lipinski definition) is 5. The number of hydrogen-bond acceptors (Lipinski definition) is 14. The first kappa shape index (κ1) is 113. The summed E-state index contributed by atoms with van der Waals surface area (Å²) in [6.07, 6.45) is 5.40. The highest BCUT2D eigenvalue weighted by Gasteiger charge is 2.33. The third kappa shape index (κ3) is 36.8. The number of piperidine rings is 1. The van der Waals surface area contributed by atoms with Gasteiger partial charge in [0.05, 0.1) is 23.3 Å². The number of carbonyl (C=O) groups is 5. The SMILES string of the molecule is CC(F)CNC(=O)c1cccc(Cc2cc(Cc3cccc(C(F)(F)F)c3)ccn2)c1.CCCCC(=O)c1ccc(C)c(Nc2cc(Cc3cccc(C)c3)ccn2)c1.COCCNC(=O)c1cccc(Cc2cc(Cc3cccc(C(F)(F)F)c3)ccn2)c1.Cc1cccc(Cc2ccnc(Nc3cccc(C(=O)CCCO)c3C)c2)c1.O=C(c1cccc(Cc2cc(Cc3cccc(C(F)(F)F)c3)ccn2)c1)N1CCCCC1. The summed E-state index contributed by atoms with van der Waals surface area (Å²) in [5.41, 5.74) is 21.9. The van der Waals surface area contributed by atoms with Crippen molar-refractivity contribution in [2.75, 3.05) is 57.1 Å². The van der Waals surface area contributed by atoms with Gasteiger partial charge in [0.2, 0.25) is 0 Å². The Bertz CT molecular complexity index is 6930. The largest absolute Gasteiger partial charge is 0.416 e. The quantitative estimate of drug-likeness (QED) is 0.0140. The lowest BCUT2D eigenvalue weighted by Gasteiger charge is -2.26. The van der Waals surface area contributed by atoms with E-state index in [0.717, 1.165) is 166 Å². The highest BCUT2D eigenvalue weighted by Crippen LogP contribution is 2.35. The second-order valence-corrected chi connectivity index (χ2v) is 37.3. The Morgan fingerprint density at radius 1 is 0.380 bits per heavy atom. The number of benzene rings is 10. The number of alkyl halides is 10. The number of amides is 3. The molecule has 6 heterocycles. The molecule has 1 fully saturated rings. The molecule has 5 N–H and O–H groups in total. The van der Waals surface area contributed by atoms with E-state index in [2.05, 4.69) is 122 Å². The van der Waals surface area contributed by atoms with E-state index in [9.17, 15) is 67.9 Å². The zero-order chi connectivity index (χ0) is 107. The number of aliphatic hydroxyl groups is 1. The summed E-state index contributed by atoms with van der Waals surface area (Å²) in [5.74, 6) is 1.35. The number of unbranched alkanes of at least 4 members (excludes halogenated alkanes) is 1. The molecule has 0 aliphatic carbocycles. The smallest absolute Gasteiger partial charge is 0.396 e. The molecule has 778 valence electrons. The van der Waals surface area contributed by atoms with Crippen LogP contribution in [0.4, 0.5) is 66.9 Å². The highest BCUT2D eigenvalue weighted by atomic mass is 19.4. The van der Waals surface area contributed by atoms with Crippen LogP contribution in [0.2, 0.25) is 0 Å². The maximum atomic E-state index is 13.0. The van der Waals surface area contributed by atoms with Crippen molar-refractivity contribution in [2.24, 2.45) is 0 Å². The zero-order valence-corrected chi connectivity index (χ0v) is 85.1.